The number of hydrogen-bond acceptors (Lipinski definition) is 5. The van der Waals surface area contributed by atoms with Crippen molar-refractivity contribution in [2.75, 3.05) is 21.9 Å². The molecule has 0 unspecified atom stereocenters. The molecule has 1 heterocycles. The summed E-state index contributed by atoms with van der Waals surface area (Å²) in [5, 5.41) is 13.3. The molecule has 1 aliphatic heterocycles. The van der Waals surface area contributed by atoms with E-state index in [9.17, 15) is 23.3 Å². The van der Waals surface area contributed by atoms with Crippen LogP contribution in [0.1, 0.15) is 23.2 Å². The van der Waals surface area contributed by atoms with Crippen LogP contribution in [0.4, 0.5) is 17.1 Å². The third-order valence-corrected chi connectivity index (χ3v) is 5.97. The van der Waals surface area contributed by atoms with Crippen molar-refractivity contribution in [3.63, 3.8) is 0 Å². The average Bonchev–Trinajstić information content (AvgIpc) is 2.62. The van der Waals surface area contributed by atoms with Gasteiger partial charge in [-0.1, -0.05) is 0 Å². The van der Waals surface area contributed by atoms with Gasteiger partial charge < -0.3 is 5.32 Å². The fourth-order valence-electron chi connectivity index (χ4n) is 2.73. The molecule has 1 amide bonds. The van der Waals surface area contributed by atoms with Crippen LogP contribution in [0.25, 0.3) is 0 Å². The number of carbonyl (C=O) groups is 1. The van der Waals surface area contributed by atoms with Crippen LogP contribution in [-0.4, -0.2) is 31.5 Å². The Morgan fingerprint density at radius 2 is 1.69 bits per heavy atom. The number of anilines is 2. The van der Waals surface area contributed by atoms with Crippen molar-refractivity contribution >= 4 is 33.0 Å². The van der Waals surface area contributed by atoms with Crippen molar-refractivity contribution in [2.24, 2.45) is 0 Å². The van der Waals surface area contributed by atoms with Crippen molar-refractivity contribution in [3.8, 4) is 0 Å². The van der Waals surface area contributed by atoms with Gasteiger partial charge in [-0.25, -0.2) is 8.42 Å². The number of nitro benzene ring substituents is 1. The predicted octanol–water partition coefficient (Wildman–Crippen LogP) is 2.78. The van der Waals surface area contributed by atoms with E-state index in [1.165, 1.54) is 28.6 Å². The zero-order valence-corrected chi connectivity index (χ0v) is 14.6. The second-order valence-corrected chi connectivity index (χ2v) is 7.91. The van der Waals surface area contributed by atoms with Gasteiger partial charge >= 0.3 is 0 Å². The molecule has 1 saturated heterocycles. The van der Waals surface area contributed by atoms with Gasteiger partial charge in [0.05, 0.1) is 16.4 Å². The molecule has 0 atom stereocenters. The van der Waals surface area contributed by atoms with Gasteiger partial charge in [0.1, 0.15) is 0 Å². The minimum Gasteiger partial charge on any atom is -0.322 e. The number of nitro groups is 1. The summed E-state index contributed by atoms with van der Waals surface area (Å²) in [5.74, 6) is -0.260. The molecule has 0 aliphatic carbocycles. The summed E-state index contributed by atoms with van der Waals surface area (Å²) >= 11 is 0. The van der Waals surface area contributed by atoms with Gasteiger partial charge in [0.2, 0.25) is 10.0 Å². The second-order valence-electron chi connectivity index (χ2n) is 5.90. The first kappa shape index (κ1) is 17.9. The molecule has 2 aromatic rings. The number of rotatable bonds is 4. The van der Waals surface area contributed by atoms with Crippen LogP contribution >= 0.6 is 0 Å². The molecule has 1 N–H and O–H groups in total. The molecule has 0 radical (unpaired) electrons. The molecule has 136 valence electrons. The molecule has 0 bridgehead atoms. The topological polar surface area (TPSA) is 110 Å². The molecule has 3 rings (SSSR count). The highest BCUT2D eigenvalue weighted by Gasteiger charge is 2.25. The van der Waals surface area contributed by atoms with Crippen LogP contribution in [0.2, 0.25) is 0 Å². The standard InChI is InChI=1S/C17H17N3O5S/c21-17(13-3-7-16(8-4-13)20(22)23)18-14-5-9-15(10-6-14)19-11-1-2-12-26(19,24)25/h3-10H,1-2,11-12H2,(H,18,21). The number of nitrogens with one attached hydrogen (secondary N) is 1. The first-order valence-electron chi connectivity index (χ1n) is 8.03. The van der Waals surface area contributed by atoms with Gasteiger partial charge in [-0.2, -0.15) is 0 Å². The van der Waals surface area contributed by atoms with Gasteiger partial charge in [-0.15, -0.1) is 0 Å². The molecule has 0 spiro atoms. The van der Waals surface area contributed by atoms with Crippen LogP contribution in [-0.2, 0) is 10.0 Å². The lowest BCUT2D eigenvalue weighted by molar-refractivity contribution is -0.384. The van der Waals surface area contributed by atoms with Crippen LogP contribution in [0.5, 0.6) is 0 Å². The number of hydrogen-bond donors (Lipinski definition) is 1. The normalized spacial score (nSPS) is 16.1. The third-order valence-electron chi connectivity index (χ3n) is 4.10. The molecule has 8 nitrogen and oxygen atoms in total. The Morgan fingerprint density at radius 1 is 1.04 bits per heavy atom. The molecule has 0 saturated carbocycles. The molecule has 2 aromatic carbocycles. The third kappa shape index (κ3) is 3.83. The maximum atomic E-state index is 12.2. The van der Waals surface area contributed by atoms with E-state index in [1.807, 2.05) is 0 Å². The van der Waals surface area contributed by atoms with Crippen LogP contribution in [0, 0.1) is 10.1 Å². The predicted molar refractivity (Wildman–Crippen MR) is 97.9 cm³/mol. The average molecular weight is 375 g/mol. The molecule has 0 aromatic heterocycles. The van der Waals surface area contributed by atoms with Crippen molar-refractivity contribution in [2.45, 2.75) is 12.8 Å². The van der Waals surface area contributed by atoms with E-state index >= 15 is 0 Å². The Bertz CT molecular complexity index is 924. The van der Waals surface area contributed by atoms with Crippen LogP contribution < -0.4 is 9.62 Å². The van der Waals surface area contributed by atoms with Gasteiger partial charge in [0.25, 0.3) is 11.6 Å². The Morgan fingerprint density at radius 3 is 2.27 bits per heavy atom. The van der Waals surface area contributed by atoms with Crippen molar-refractivity contribution in [1.29, 1.82) is 0 Å². The summed E-state index contributed by atoms with van der Waals surface area (Å²) in [6.07, 6.45) is 1.49. The highest BCUT2D eigenvalue weighted by molar-refractivity contribution is 7.92. The fourth-order valence-corrected chi connectivity index (χ4v) is 4.37. The van der Waals surface area contributed by atoms with Crippen LogP contribution in [0.15, 0.2) is 48.5 Å². The molecule has 1 fully saturated rings. The van der Waals surface area contributed by atoms with Gasteiger partial charge in [0.15, 0.2) is 0 Å². The lowest BCUT2D eigenvalue weighted by Gasteiger charge is -2.28. The van der Waals surface area contributed by atoms with E-state index in [0.717, 1.165) is 6.42 Å². The minimum atomic E-state index is -3.28. The molecular formula is C17H17N3O5S. The van der Waals surface area contributed by atoms with Crippen molar-refractivity contribution < 1.29 is 18.1 Å². The zero-order valence-electron chi connectivity index (χ0n) is 13.8. The summed E-state index contributed by atoms with van der Waals surface area (Å²) in [4.78, 5) is 22.3. The van der Waals surface area contributed by atoms with E-state index in [-0.39, 0.29) is 11.4 Å². The SMILES string of the molecule is O=C(Nc1ccc(N2CCCCS2(=O)=O)cc1)c1ccc([N+](=O)[O-])cc1. The lowest BCUT2D eigenvalue weighted by Crippen LogP contribution is -2.37. The molecule has 9 heteroatoms. The molecular weight excluding hydrogens is 358 g/mol. The number of nitrogens with zero attached hydrogens (tertiary/aromatic N) is 2. The monoisotopic (exact) mass is 375 g/mol. The summed E-state index contributed by atoms with van der Waals surface area (Å²) in [6, 6.07) is 11.8. The fraction of sp³-hybridized carbons (Fsp3) is 0.235. The van der Waals surface area contributed by atoms with Gasteiger partial charge in [0, 0.05) is 29.9 Å². The maximum absolute atomic E-state index is 12.2. The number of benzene rings is 2. The van der Waals surface area contributed by atoms with E-state index < -0.39 is 20.9 Å². The molecule has 1 aliphatic rings. The highest BCUT2D eigenvalue weighted by atomic mass is 32.2. The maximum Gasteiger partial charge on any atom is 0.269 e. The second kappa shape index (κ2) is 7.12. The number of amides is 1. The summed E-state index contributed by atoms with van der Waals surface area (Å²) in [7, 11) is -3.28. The first-order chi connectivity index (χ1) is 12.4. The lowest BCUT2D eigenvalue weighted by atomic mass is 10.2. The number of non-ortho nitro benzene ring substituents is 1. The largest absolute Gasteiger partial charge is 0.322 e. The van der Waals surface area contributed by atoms with E-state index in [0.29, 0.717) is 29.9 Å². The number of sulfonamides is 1. The van der Waals surface area contributed by atoms with Crippen molar-refractivity contribution in [1.82, 2.24) is 0 Å². The smallest absolute Gasteiger partial charge is 0.269 e. The van der Waals surface area contributed by atoms with E-state index in [4.69, 9.17) is 0 Å². The Labute approximate surface area is 150 Å². The van der Waals surface area contributed by atoms with Gasteiger partial charge in [-0.05, 0) is 49.2 Å². The van der Waals surface area contributed by atoms with Gasteiger partial charge in [-0.3, -0.25) is 19.2 Å². The highest BCUT2D eigenvalue weighted by Crippen LogP contribution is 2.25. The van der Waals surface area contributed by atoms with E-state index in [1.54, 1.807) is 24.3 Å². The first-order valence-corrected chi connectivity index (χ1v) is 9.64. The van der Waals surface area contributed by atoms with E-state index in [2.05, 4.69) is 5.32 Å². The number of carbonyl (C=O) groups excluding carboxylic acids is 1. The summed E-state index contributed by atoms with van der Waals surface area (Å²) < 4.78 is 25.6. The zero-order chi connectivity index (χ0) is 18.7. The minimum absolute atomic E-state index is 0.0892. The van der Waals surface area contributed by atoms with Crippen LogP contribution in [0.3, 0.4) is 0 Å². The molecule has 26 heavy (non-hydrogen) atoms. The summed E-state index contributed by atoms with van der Waals surface area (Å²) in [6.45, 7) is 0.455. The summed E-state index contributed by atoms with van der Waals surface area (Å²) in [5.41, 5.74) is 1.27. The van der Waals surface area contributed by atoms with Crippen molar-refractivity contribution in [3.05, 3.63) is 64.2 Å². The Kier molecular flexibility index (Phi) is 4.90. The Hall–Kier alpha value is -2.94. The Balaban J connectivity index is 1.71. The quantitative estimate of drug-likeness (QED) is 0.653.